The van der Waals surface area contributed by atoms with E-state index in [1.165, 1.54) is 12.8 Å². The number of aliphatic imine (C=N–C) groups is 1. The summed E-state index contributed by atoms with van der Waals surface area (Å²) in [5.74, 6) is 1.83. The second kappa shape index (κ2) is 14.0. The molecule has 0 radical (unpaired) electrons. The molecule has 0 aliphatic rings. The van der Waals surface area contributed by atoms with Gasteiger partial charge in [-0.2, -0.15) is 0 Å². The van der Waals surface area contributed by atoms with Crippen LogP contribution in [0.5, 0.6) is 5.75 Å². The monoisotopic (exact) mass is 405 g/mol. The predicted molar refractivity (Wildman–Crippen MR) is 101 cm³/mol. The second-order valence-electron chi connectivity index (χ2n) is 4.65. The van der Waals surface area contributed by atoms with Crippen LogP contribution in [0.1, 0.15) is 32.6 Å². The second-order valence-corrected chi connectivity index (χ2v) is 4.65. The van der Waals surface area contributed by atoms with E-state index in [4.69, 9.17) is 4.74 Å². The minimum absolute atomic E-state index is 0. The number of nitrogens with zero attached hydrogens (tertiary/aromatic N) is 1. The van der Waals surface area contributed by atoms with Gasteiger partial charge < -0.3 is 15.4 Å². The molecule has 2 N–H and O–H groups in total. The van der Waals surface area contributed by atoms with Crippen LogP contribution in [0.4, 0.5) is 0 Å². The molecule has 0 unspecified atom stereocenters. The van der Waals surface area contributed by atoms with Crippen molar-refractivity contribution < 1.29 is 4.74 Å². The maximum absolute atomic E-state index is 5.65. The van der Waals surface area contributed by atoms with E-state index in [1.807, 2.05) is 30.3 Å². The number of nitrogens with one attached hydrogen (secondary N) is 2. The smallest absolute Gasteiger partial charge is 0.190 e. The van der Waals surface area contributed by atoms with Gasteiger partial charge >= 0.3 is 0 Å². The zero-order valence-electron chi connectivity index (χ0n) is 13.1. The summed E-state index contributed by atoms with van der Waals surface area (Å²) in [6.07, 6.45) is 4.47. The molecule has 1 rings (SSSR count). The van der Waals surface area contributed by atoms with Gasteiger partial charge in [-0.1, -0.05) is 31.5 Å². The fraction of sp³-hybridized carbons (Fsp3) is 0.562. The van der Waals surface area contributed by atoms with E-state index < -0.39 is 0 Å². The summed E-state index contributed by atoms with van der Waals surface area (Å²) in [7, 11) is 1.81. The number of unbranched alkanes of at least 4 members (excludes halogenated alkanes) is 2. The fourth-order valence-corrected chi connectivity index (χ4v) is 1.74. The number of halogens is 1. The minimum Gasteiger partial charge on any atom is -0.494 e. The summed E-state index contributed by atoms with van der Waals surface area (Å²) in [6, 6.07) is 9.94. The number of ether oxygens (including phenoxy) is 1. The van der Waals surface area contributed by atoms with Crippen LogP contribution in [0.2, 0.25) is 0 Å². The molecule has 0 heterocycles. The summed E-state index contributed by atoms with van der Waals surface area (Å²) < 4.78 is 5.65. The van der Waals surface area contributed by atoms with Gasteiger partial charge in [0.05, 0.1) is 6.61 Å². The van der Waals surface area contributed by atoms with Crippen molar-refractivity contribution in [2.24, 2.45) is 4.99 Å². The SMILES string of the molecule is CCCCNC(=NC)NCCCCOc1ccccc1.I. The summed E-state index contributed by atoms with van der Waals surface area (Å²) in [6.45, 7) is 4.84. The molecule has 120 valence electrons. The zero-order chi connectivity index (χ0) is 14.5. The van der Waals surface area contributed by atoms with E-state index in [9.17, 15) is 0 Å². The van der Waals surface area contributed by atoms with Gasteiger partial charge in [0, 0.05) is 20.1 Å². The highest BCUT2D eigenvalue weighted by Gasteiger charge is 1.96. The Balaban J connectivity index is 0.00000400. The van der Waals surface area contributed by atoms with E-state index in [1.54, 1.807) is 7.05 Å². The van der Waals surface area contributed by atoms with Gasteiger partial charge in [-0.25, -0.2) is 0 Å². The van der Waals surface area contributed by atoms with Crippen molar-refractivity contribution in [1.29, 1.82) is 0 Å². The molecule has 0 atom stereocenters. The molecule has 0 amide bonds. The lowest BCUT2D eigenvalue weighted by atomic mass is 10.3. The Morgan fingerprint density at radius 3 is 2.33 bits per heavy atom. The fourth-order valence-electron chi connectivity index (χ4n) is 1.74. The molecule has 1 aromatic carbocycles. The van der Waals surface area contributed by atoms with Crippen LogP contribution in [0.15, 0.2) is 35.3 Å². The average Bonchev–Trinajstić information content (AvgIpc) is 2.50. The third-order valence-electron chi connectivity index (χ3n) is 2.92. The molecule has 0 bridgehead atoms. The van der Waals surface area contributed by atoms with Gasteiger partial charge in [-0.05, 0) is 31.4 Å². The molecule has 0 fully saturated rings. The van der Waals surface area contributed by atoms with Crippen LogP contribution in [-0.2, 0) is 0 Å². The van der Waals surface area contributed by atoms with E-state index in [0.29, 0.717) is 0 Å². The Bertz CT molecular complexity index is 371. The van der Waals surface area contributed by atoms with Crippen molar-refractivity contribution in [3.05, 3.63) is 30.3 Å². The third-order valence-corrected chi connectivity index (χ3v) is 2.92. The van der Waals surface area contributed by atoms with E-state index in [2.05, 4.69) is 22.5 Å². The number of hydrogen-bond acceptors (Lipinski definition) is 2. The zero-order valence-corrected chi connectivity index (χ0v) is 15.4. The summed E-state index contributed by atoms with van der Waals surface area (Å²) >= 11 is 0. The van der Waals surface area contributed by atoms with Crippen LogP contribution in [0.25, 0.3) is 0 Å². The summed E-state index contributed by atoms with van der Waals surface area (Å²) in [5.41, 5.74) is 0. The molecule has 0 spiro atoms. The molecule has 0 saturated carbocycles. The van der Waals surface area contributed by atoms with Gasteiger partial charge in [0.1, 0.15) is 5.75 Å². The molecule has 21 heavy (non-hydrogen) atoms. The van der Waals surface area contributed by atoms with Gasteiger partial charge in [0.2, 0.25) is 0 Å². The first-order valence-corrected chi connectivity index (χ1v) is 7.49. The number of para-hydroxylation sites is 1. The first-order valence-electron chi connectivity index (χ1n) is 7.49. The predicted octanol–water partition coefficient (Wildman–Crippen LogP) is 3.43. The van der Waals surface area contributed by atoms with Crippen molar-refractivity contribution in [2.45, 2.75) is 32.6 Å². The summed E-state index contributed by atoms with van der Waals surface area (Å²) in [4.78, 5) is 4.19. The lowest BCUT2D eigenvalue weighted by molar-refractivity contribution is 0.307. The van der Waals surface area contributed by atoms with E-state index >= 15 is 0 Å². The van der Waals surface area contributed by atoms with Gasteiger partial charge in [-0.15, -0.1) is 24.0 Å². The Hall–Kier alpha value is -0.980. The lowest BCUT2D eigenvalue weighted by Gasteiger charge is -2.11. The molecule has 0 aromatic heterocycles. The molecular weight excluding hydrogens is 377 g/mol. The topological polar surface area (TPSA) is 45.7 Å². The Kier molecular flexibility index (Phi) is 13.3. The number of hydrogen-bond donors (Lipinski definition) is 2. The van der Waals surface area contributed by atoms with Crippen LogP contribution in [0, 0.1) is 0 Å². The first-order chi connectivity index (χ1) is 9.86. The normalized spacial score (nSPS) is 10.7. The Labute approximate surface area is 145 Å². The molecule has 0 aliphatic heterocycles. The average molecular weight is 405 g/mol. The van der Waals surface area contributed by atoms with Gasteiger partial charge in [-0.3, -0.25) is 4.99 Å². The maximum Gasteiger partial charge on any atom is 0.190 e. The molecule has 5 heteroatoms. The standard InChI is InChI=1S/C16H27N3O.HI/c1-3-4-12-18-16(17-2)19-13-8-9-14-20-15-10-6-5-7-11-15;/h5-7,10-11H,3-4,8-9,12-14H2,1-2H3,(H2,17,18,19);1H. The number of guanidine groups is 1. The molecule has 1 aromatic rings. The van der Waals surface area contributed by atoms with Crippen molar-refractivity contribution in [3.8, 4) is 5.75 Å². The number of rotatable bonds is 9. The first kappa shape index (κ1) is 20.0. The third kappa shape index (κ3) is 10.4. The molecule has 0 aliphatic carbocycles. The quantitative estimate of drug-likeness (QED) is 0.287. The molecular formula is C16H28IN3O. The minimum atomic E-state index is 0. The van der Waals surface area contributed by atoms with Crippen molar-refractivity contribution in [3.63, 3.8) is 0 Å². The molecule has 0 saturated heterocycles. The summed E-state index contributed by atoms with van der Waals surface area (Å²) in [5, 5.41) is 6.61. The lowest BCUT2D eigenvalue weighted by Crippen LogP contribution is -2.38. The van der Waals surface area contributed by atoms with Crippen LogP contribution < -0.4 is 15.4 Å². The van der Waals surface area contributed by atoms with Crippen molar-refractivity contribution in [2.75, 3.05) is 26.7 Å². The van der Waals surface area contributed by atoms with Crippen LogP contribution >= 0.6 is 24.0 Å². The Morgan fingerprint density at radius 2 is 1.71 bits per heavy atom. The number of benzene rings is 1. The molecule has 4 nitrogen and oxygen atoms in total. The van der Waals surface area contributed by atoms with Crippen molar-refractivity contribution >= 4 is 29.9 Å². The van der Waals surface area contributed by atoms with Crippen LogP contribution in [0.3, 0.4) is 0 Å². The highest BCUT2D eigenvalue weighted by Crippen LogP contribution is 2.08. The van der Waals surface area contributed by atoms with Crippen molar-refractivity contribution in [1.82, 2.24) is 10.6 Å². The Morgan fingerprint density at radius 1 is 1.05 bits per heavy atom. The maximum atomic E-state index is 5.65. The van der Waals surface area contributed by atoms with Gasteiger partial charge in [0.25, 0.3) is 0 Å². The largest absolute Gasteiger partial charge is 0.494 e. The van der Waals surface area contributed by atoms with E-state index in [0.717, 1.165) is 44.2 Å². The highest BCUT2D eigenvalue weighted by molar-refractivity contribution is 14.0. The van der Waals surface area contributed by atoms with Crippen LogP contribution in [-0.4, -0.2) is 32.7 Å². The van der Waals surface area contributed by atoms with Gasteiger partial charge in [0.15, 0.2) is 5.96 Å². The van der Waals surface area contributed by atoms with E-state index in [-0.39, 0.29) is 24.0 Å². The highest BCUT2D eigenvalue weighted by atomic mass is 127.